The standard InChI is InChI=1S/C13H14N2Si.C8H5BrN2.C5H10Si.2CH4/c1-16(2,3)10-8-11-6-7-12-13(15-11)5-4-9-14-12;9-8-4-3-6-7(11-8)2-1-5-10-6;1-5-6(2,3)4;;/h4-7,9H,1-3H3;1-5H;1H,2-4H3;2*1H4. The first-order chi connectivity index (χ1) is 15.5. The van der Waals surface area contributed by atoms with Crippen molar-refractivity contribution in [3.05, 3.63) is 71.2 Å². The lowest BCUT2D eigenvalue weighted by Gasteiger charge is -2.03. The third kappa shape index (κ3) is 12.4. The van der Waals surface area contributed by atoms with Gasteiger partial charge < -0.3 is 0 Å². The van der Waals surface area contributed by atoms with Gasteiger partial charge in [0.05, 0.1) is 22.1 Å². The summed E-state index contributed by atoms with van der Waals surface area (Å²) in [7, 11) is -2.43. The van der Waals surface area contributed by atoms with Crippen LogP contribution in [-0.4, -0.2) is 36.1 Å². The summed E-state index contributed by atoms with van der Waals surface area (Å²) in [5.41, 5.74) is 10.6. The second kappa shape index (κ2) is 14.5. The number of halogens is 1. The summed E-state index contributed by atoms with van der Waals surface area (Å²) in [6, 6.07) is 15.4. The number of nitrogens with zero attached hydrogens (tertiary/aromatic N) is 4. The fraction of sp³-hybridized carbons (Fsp3) is 0.286. The highest BCUT2D eigenvalue weighted by atomic mass is 79.9. The minimum Gasteiger partial charge on any atom is -0.255 e. The molecule has 184 valence electrons. The summed E-state index contributed by atoms with van der Waals surface area (Å²) < 4.78 is 0.845. The van der Waals surface area contributed by atoms with Gasteiger partial charge in [0.2, 0.25) is 0 Å². The molecule has 0 atom stereocenters. The van der Waals surface area contributed by atoms with Crippen molar-refractivity contribution in [2.24, 2.45) is 0 Å². The van der Waals surface area contributed by atoms with Crippen molar-refractivity contribution in [2.75, 3.05) is 0 Å². The number of pyridine rings is 4. The van der Waals surface area contributed by atoms with Gasteiger partial charge in [-0.25, -0.2) is 9.97 Å². The third-order valence-electron chi connectivity index (χ3n) is 3.88. The zero-order chi connectivity index (χ0) is 24.5. The van der Waals surface area contributed by atoms with E-state index in [-0.39, 0.29) is 14.9 Å². The van der Waals surface area contributed by atoms with Gasteiger partial charge in [0.1, 0.15) is 26.4 Å². The van der Waals surface area contributed by atoms with Crippen molar-refractivity contribution in [1.29, 1.82) is 0 Å². The van der Waals surface area contributed by atoms with Crippen LogP contribution in [-0.2, 0) is 0 Å². The number of aromatic nitrogens is 4. The monoisotopic (exact) mass is 564 g/mol. The summed E-state index contributed by atoms with van der Waals surface area (Å²) in [4.78, 5) is 17.1. The first kappa shape index (κ1) is 32.2. The van der Waals surface area contributed by atoms with Gasteiger partial charge in [-0.15, -0.1) is 17.5 Å². The third-order valence-corrected chi connectivity index (χ3v) is 6.06. The molecule has 0 radical (unpaired) electrons. The lowest BCUT2D eigenvalue weighted by atomic mass is 10.3. The summed E-state index contributed by atoms with van der Waals surface area (Å²) >= 11 is 3.29. The van der Waals surface area contributed by atoms with E-state index >= 15 is 0 Å². The Morgan fingerprint density at radius 3 is 1.66 bits per heavy atom. The molecular formula is C28H37BrN4Si2. The zero-order valence-corrected chi connectivity index (χ0v) is 23.6. The Balaban J connectivity index is 0.000000533. The molecule has 7 heteroatoms. The van der Waals surface area contributed by atoms with Gasteiger partial charge in [-0.1, -0.05) is 60.1 Å². The predicted octanol–water partition coefficient (Wildman–Crippen LogP) is 8.02. The van der Waals surface area contributed by atoms with E-state index in [0.29, 0.717) is 0 Å². The molecule has 0 aromatic carbocycles. The van der Waals surface area contributed by atoms with Gasteiger partial charge >= 0.3 is 0 Å². The fourth-order valence-corrected chi connectivity index (χ4v) is 3.04. The normalized spacial score (nSPS) is 10.0. The smallest absolute Gasteiger partial charge is 0.129 e. The Bertz CT molecular complexity index is 1320. The SMILES string of the molecule is Brc1ccc2ncccc2n1.C.C.C#C[Si](C)(C)C.C[Si](C)(C)C#Cc1ccc2ncccc2n1. The second-order valence-electron chi connectivity index (χ2n) is 9.31. The van der Waals surface area contributed by atoms with E-state index in [0.717, 1.165) is 32.4 Å². The zero-order valence-electron chi connectivity index (χ0n) is 20.0. The largest absolute Gasteiger partial charge is 0.255 e. The Labute approximate surface area is 222 Å². The number of hydrogen-bond acceptors (Lipinski definition) is 4. The molecular weight excluding hydrogens is 528 g/mol. The summed E-state index contributed by atoms with van der Waals surface area (Å²) in [5.74, 6) is 3.15. The highest BCUT2D eigenvalue weighted by molar-refractivity contribution is 9.10. The highest BCUT2D eigenvalue weighted by Crippen LogP contribution is 2.12. The van der Waals surface area contributed by atoms with E-state index in [4.69, 9.17) is 6.42 Å². The van der Waals surface area contributed by atoms with Crippen LogP contribution in [0.5, 0.6) is 0 Å². The highest BCUT2D eigenvalue weighted by Gasteiger charge is 2.07. The molecule has 0 spiro atoms. The average Bonchev–Trinajstić information content (AvgIpc) is 2.77. The van der Waals surface area contributed by atoms with Gasteiger partial charge in [-0.05, 0) is 64.5 Å². The number of rotatable bonds is 0. The molecule has 4 aromatic rings. The van der Waals surface area contributed by atoms with Gasteiger partial charge in [0, 0.05) is 12.4 Å². The molecule has 0 amide bonds. The molecule has 4 rings (SSSR count). The van der Waals surface area contributed by atoms with Crippen molar-refractivity contribution < 1.29 is 0 Å². The topological polar surface area (TPSA) is 51.6 Å². The van der Waals surface area contributed by atoms with Crippen LogP contribution in [0.3, 0.4) is 0 Å². The van der Waals surface area contributed by atoms with E-state index in [9.17, 15) is 0 Å². The van der Waals surface area contributed by atoms with Crippen molar-refractivity contribution in [2.45, 2.75) is 54.1 Å². The Morgan fingerprint density at radius 1 is 0.686 bits per heavy atom. The molecule has 4 nitrogen and oxygen atoms in total. The first-order valence-corrected chi connectivity index (χ1v) is 18.4. The lowest BCUT2D eigenvalue weighted by Crippen LogP contribution is -2.16. The Kier molecular flexibility index (Phi) is 13.3. The summed E-state index contributed by atoms with van der Waals surface area (Å²) in [6.07, 6.45) is 8.65. The van der Waals surface area contributed by atoms with Crippen molar-refractivity contribution >= 4 is 54.1 Å². The van der Waals surface area contributed by atoms with Crippen molar-refractivity contribution in [3.8, 4) is 23.4 Å². The Morgan fingerprint density at radius 2 is 1.17 bits per heavy atom. The maximum Gasteiger partial charge on any atom is 0.129 e. The number of terminal acetylenes is 1. The fourth-order valence-electron chi connectivity index (χ4n) is 2.21. The van der Waals surface area contributed by atoms with Crippen LogP contribution in [0.2, 0.25) is 39.3 Å². The van der Waals surface area contributed by atoms with E-state index in [1.165, 1.54) is 0 Å². The molecule has 0 aliphatic heterocycles. The van der Waals surface area contributed by atoms with Gasteiger partial charge in [-0.3, -0.25) is 9.97 Å². The van der Waals surface area contributed by atoms with Crippen molar-refractivity contribution in [3.63, 3.8) is 0 Å². The van der Waals surface area contributed by atoms with Crippen LogP contribution in [0.25, 0.3) is 22.1 Å². The minimum absolute atomic E-state index is 0. The average molecular weight is 566 g/mol. The quantitative estimate of drug-likeness (QED) is 0.123. The van der Waals surface area contributed by atoms with Crippen LogP contribution in [0.4, 0.5) is 0 Å². The van der Waals surface area contributed by atoms with Crippen LogP contribution < -0.4 is 0 Å². The van der Waals surface area contributed by atoms with Crippen molar-refractivity contribution in [1.82, 2.24) is 19.9 Å². The van der Waals surface area contributed by atoms with Gasteiger partial charge in [0.15, 0.2) is 0 Å². The molecule has 0 unspecified atom stereocenters. The predicted molar refractivity (Wildman–Crippen MR) is 163 cm³/mol. The van der Waals surface area contributed by atoms with Crippen LogP contribution in [0, 0.1) is 23.4 Å². The summed E-state index contributed by atoms with van der Waals surface area (Å²) in [6.45, 7) is 13.1. The van der Waals surface area contributed by atoms with E-state index in [1.807, 2.05) is 48.5 Å². The molecule has 0 fully saturated rings. The summed E-state index contributed by atoms with van der Waals surface area (Å²) in [5, 5.41) is 0. The number of hydrogen-bond donors (Lipinski definition) is 0. The lowest BCUT2D eigenvalue weighted by molar-refractivity contribution is 1.30. The number of fused-ring (bicyclic) bond motifs is 2. The molecule has 0 N–H and O–H groups in total. The molecule has 0 aliphatic carbocycles. The molecule has 4 aromatic heterocycles. The van der Waals surface area contributed by atoms with E-state index in [1.54, 1.807) is 12.4 Å². The maximum absolute atomic E-state index is 5.12. The van der Waals surface area contributed by atoms with Gasteiger partial charge in [-0.2, -0.15) is 0 Å². The van der Waals surface area contributed by atoms with E-state index in [2.05, 4.69) is 92.2 Å². The van der Waals surface area contributed by atoms with Gasteiger partial charge in [0.25, 0.3) is 0 Å². The second-order valence-corrected chi connectivity index (χ2v) is 19.7. The van der Waals surface area contributed by atoms with E-state index < -0.39 is 16.1 Å². The molecule has 0 bridgehead atoms. The first-order valence-electron chi connectivity index (χ1n) is 10.6. The Hall–Kier alpha value is -2.85. The minimum atomic E-state index is -1.32. The molecule has 0 aliphatic rings. The molecule has 0 saturated heterocycles. The molecule has 0 saturated carbocycles. The van der Waals surface area contributed by atoms with Crippen LogP contribution in [0.1, 0.15) is 20.5 Å². The van der Waals surface area contributed by atoms with Crippen LogP contribution >= 0.6 is 15.9 Å². The molecule has 35 heavy (non-hydrogen) atoms. The molecule has 4 heterocycles. The maximum atomic E-state index is 5.12. The van der Waals surface area contributed by atoms with Crippen LogP contribution in [0.15, 0.2) is 65.5 Å².